The topological polar surface area (TPSA) is 19.9 Å². The minimum atomic E-state index is 0.0605. The second-order valence-electron chi connectivity index (χ2n) is 4.76. The zero-order chi connectivity index (χ0) is 12.6. The average Bonchev–Trinajstić information content (AvgIpc) is 2.35. The maximum atomic E-state index is 10.2. The Bertz CT molecular complexity index is 157. The van der Waals surface area contributed by atoms with E-state index in [9.17, 15) is 5.11 Å². The lowest BCUT2D eigenvalue weighted by Gasteiger charge is -2.01. The van der Waals surface area contributed by atoms with Gasteiger partial charge in [0.15, 0.2) is 0 Å². The zero-order valence-electron chi connectivity index (χ0n) is 11.6. The van der Waals surface area contributed by atoms with Gasteiger partial charge in [-0.1, -0.05) is 70.1 Å². The Morgan fingerprint density at radius 2 is 1.35 bits per heavy atom. The van der Waals surface area contributed by atoms with E-state index >= 15 is 0 Å². The minimum Gasteiger partial charge on any atom is -0.236 e. The van der Waals surface area contributed by atoms with Crippen LogP contribution in [-0.4, -0.2) is 17.7 Å². The molecule has 0 atom stereocenters. The van der Waals surface area contributed by atoms with Crippen LogP contribution in [0.5, 0.6) is 0 Å². The van der Waals surface area contributed by atoms with Crippen LogP contribution in [0.3, 0.4) is 0 Å². The van der Waals surface area contributed by atoms with Gasteiger partial charge in [-0.05, 0) is 18.6 Å². The van der Waals surface area contributed by atoms with Gasteiger partial charge in [0.2, 0.25) is 0 Å². The molecule has 1 radical (unpaired) electrons. The van der Waals surface area contributed by atoms with Crippen LogP contribution in [0.2, 0.25) is 0 Å². The van der Waals surface area contributed by atoms with Crippen molar-refractivity contribution < 1.29 is 5.11 Å². The highest BCUT2D eigenvalue weighted by molar-refractivity contribution is 7.97. The molecule has 0 heterocycles. The van der Waals surface area contributed by atoms with Gasteiger partial charge in [0.05, 0.1) is 6.61 Å². The summed E-state index contributed by atoms with van der Waals surface area (Å²) in [4.78, 5) is 0. The molecule has 0 unspecified atom stereocenters. The predicted octanol–water partition coefficient (Wildman–Crippen LogP) is 5.00. The molecule has 0 aromatic rings. The Labute approximate surface area is 112 Å². The molecule has 0 N–H and O–H groups in total. The van der Waals surface area contributed by atoms with Crippen LogP contribution >= 0.6 is 11.4 Å². The highest BCUT2D eigenvalue weighted by Gasteiger charge is 1.91. The Morgan fingerprint density at radius 3 is 1.88 bits per heavy atom. The Morgan fingerprint density at radius 1 is 0.824 bits per heavy atom. The first-order chi connectivity index (χ1) is 8.41. The van der Waals surface area contributed by atoms with Crippen molar-refractivity contribution in [1.82, 2.24) is 0 Å². The van der Waals surface area contributed by atoms with Crippen molar-refractivity contribution in [2.75, 3.05) is 12.4 Å². The van der Waals surface area contributed by atoms with E-state index in [4.69, 9.17) is 0 Å². The normalized spacial score (nSPS) is 11.9. The van der Waals surface area contributed by atoms with E-state index < -0.39 is 0 Å². The first kappa shape index (κ1) is 17.2. The van der Waals surface area contributed by atoms with Crippen molar-refractivity contribution in [2.45, 2.75) is 77.6 Å². The van der Waals surface area contributed by atoms with Gasteiger partial charge in [-0.3, -0.25) is 0 Å². The van der Waals surface area contributed by atoms with E-state index in [0.717, 1.165) is 6.42 Å². The number of hydrogen-bond acceptors (Lipinski definition) is 0. The summed E-state index contributed by atoms with van der Waals surface area (Å²) in [5.41, 5.74) is 0. The van der Waals surface area contributed by atoms with Crippen LogP contribution in [0.1, 0.15) is 77.6 Å². The van der Waals surface area contributed by atoms with Gasteiger partial charge in [0, 0.05) is 0 Å². The highest BCUT2D eigenvalue weighted by Crippen LogP contribution is 2.10. The summed E-state index contributed by atoms with van der Waals surface area (Å²) in [6, 6.07) is 0. The largest absolute Gasteiger partial charge is 0.236 e. The summed E-state index contributed by atoms with van der Waals surface area (Å²) in [7, 11) is 0. The zero-order valence-corrected chi connectivity index (χ0v) is 12.5. The molecule has 0 bridgehead atoms. The maximum absolute atomic E-state index is 10.2. The average molecular weight is 259 g/mol. The van der Waals surface area contributed by atoms with Gasteiger partial charge < -0.3 is 0 Å². The van der Waals surface area contributed by atoms with Crippen molar-refractivity contribution in [3.8, 4) is 0 Å². The fraction of sp³-hybridized carbons (Fsp3) is 0.933. The molecule has 17 heavy (non-hydrogen) atoms. The predicted molar refractivity (Wildman–Crippen MR) is 81.9 cm³/mol. The molecule has 103 valence electrons. The van der Waals surface area contributed by atoms with Crippen molar-refractivity contribution in [1.29, 1.82) is 0 Å². The number of unbranched alkanes of at least 4 members (excludes halogenated alkanes) is 9. The third-order valence-corrected chi connectivity index (χ3v) is 4.11. The van der Waals surface area contributed by atoms with Crippen LogP contribution in [0.15, 0.2) is 0 Å². The lowest BCUT2D eigenvalue weighted by atomic mass is 10.1. The first-order valence-electron chi connectivity index (χ1n) is 7.48. The highest BCUT2D eigenvalue weighted by atomic mass is 32.1. The van der Waals surface area contributed by atoms with Crippen LogP contribution in [-0.2, 0) is 5.11 Å². The number of hydrogen-bond donors (Lipinski definition) is 1. The van der Waals surface area contributed by atoms with E-state index in [0.29, 0.717) is 0 Å². The summed E-state index contributed by atoms with van der Waals surface area (Å²) in [5, 5.41) is 12.3. The molecule has 0 amide bonds. The van der Waals surface area contributed by atoms with Gasteiger partial charge in [-0.15, -0.1) is 0 Å². The lowest BCUT2D eigenvalue weighted by molar-refractivity contribution is 0.204. The molecule has 0 spiro atoms. The second kappa shape index (κ2) is 16.2. The Kier molecular flexibility index (Phi) is 16.4. The first-order valence-corrected chi connectivity index (χ1v) is 8.63. The fourth-order valence-electron chi connectivity index (χ4n) is 1.93. The van der Waals surface area contributed by atoms with Gasteiger partial charge in [-0.2, -0.15) is 0 Å². The smallest absolute Gasteiger partial charge is 0.0861 e. The van der Waals surface area contributed by atoms with E-state index in [-0.39, 0.29) is 6.61 Å². The molecule has 0 saturated heterocycles. The van der Waals surface area contributed by atoms with E-state index in [1.54, 1.807) is 0 Å². The Balaban J connectivity index is 2.94. The molecule has 0 aromatic heterocycles. The van der Waals surface area contributed by atoms with E-state index in [1.165, 1.54) is 81.3 Å². The second-order valence-corrected chi connectivity index (χ2v) is 5.94. The monoisotopic (exact) mass is 259 g/mol. The van der Waals surface area contributed by atoms with E-state index in [1.807, 2.05) is 0 Å². The van der Waals surface area contributed by atoms with Crippen molar-refractivity contribution in [3.63, 3.8) is 0 Å². The van der Waals surface area contributed by atoms with Crippen molar-refractivity contribution >= 4 is 16.7 Å². The summed E-state index contributed by atoms with van der Waals surface area (Å²) in [6.07, 6.45) is 14.8. The quantitative estimate of drug-likeness (QED) is 0.273. The van der Waals surface area contributed by atoms with Crippen LogP contribution < -0.4 is 0 Å². The number of thiol groups is 1. The number of rotatable bonds is 13. The molecule has 0 saturated carbocycles. The van der Waals surface area contributed by atoms with Crippen LogP contribution in [0.4, 0.5) is 0 Å². The summed E-state index contributed by atoms with van der Waals surface area (Å²) in [5.74, 6) is 1.26. The van der Waals surface area contributed by atoms with Gasteiger partial charge in [-0.25, -0.2) is 16.5 Å². The molecule has 1 nitrogen and oxygen atoms in total. The van der Waals surface area contributed by atoms with E-state index in [2.05, 4.69) is 12.3 Å². The van der Waals surface area contributed by atoms with Gasteiger partial charge >= 0.3 is 0 Å². The lowest BCUT2D eigenvalue weighted by Crippen LogP contribution is -1.83. The molecular weight excluding hydrogens is 228 g/mol. The summed E-state index contributed by atoms with van der Waals surface area (Å²) in [6.45, 7) is 2.33. The SMILES string of the molecule is CCCCCCCCCCCC[SH]=CCC[O]. The standard InChI is InChI=1S/C15H31OS/c1-2-3-4-5-6-7-8-9-10-11-14-17-15-12-13-16/h15,17H,2-14H2,1H3. The molecule has 0 aliphatic heterocycles. The molecule has 0 aliphatic carbocycles. The maximum Gasteiger partial charge on any atom is 0.0861 e. The summed E-state index contributed by atoms with van der Waals surface area (Å²) < 4.78 is 0. The summed E-state index contributed by atoms with van der Waals surface area (Å²) >= 11 is 1.38. The molecular formula is C15H31OS. The third-order valence-electron chi connectivity index (χ3n) is 3.02. The van der Waals surface area contributed by atoms with Gasteiger partial charge in [0.25, 0.3) is 0 Å². The van der Waals surface area contributed by atoms with Crippen LogP contribution in [0.25, 0.3) is 0 Å². The molecule has 0 aromatic carbocycles. The molecule has 2 heteroatoms. The molecule has 0 fully saturated rings. The van der Waals surface area contributed by atoms with Crippen molar-refractivity contribution in [2.24, 2.45) is 0 Å². The molecule has 0 aliphatic rings. The minimum absolute atomic E-state index is 0.0605. The fourth-order valence-corrected chi connectivity index (χ4v) is 2.80. The molecule has 0 rings (SSSR count). The van der Waals surface area contributed by atoms with Crippen molar-refractivity contribution in [3.05, 3.63) is 0 Å². The van der Waals surface area contributed by atoms with Crippen LogP contribution in [0, 0.1) is 0 Å². The third kappa shape index (κ3) is 16.2. The Hall–Kier alpha value is 0.180. The van der Waals surface area contributed by atoms with Gasteiger partial charge in [0.1, 0.15) is 0 Å².